The Bertz CT molecular complexity index is 963. The fourth-order valence-corrected chi connectivity index (χ4v) is 3.62. The highest BCUT2D eigenvalue weighted by Gasteiger charge is 2.23. The molecule has 28 heavy (non-hydrogen) atoms. The molecule has 0 spiro atoms. The van der Waals surface area contributed by atoms with Gasteiger partial charge in [0, 0.05) is 42.5 Å². The number of aromatic nitrogens is 1. The van der Waals surface area contributed by atoms with E-state index in [9.17, 15) is 4.79 Å². The first-order valence-electron chi connectivity index (χ1n) is 9.40. The minimum Gasteiger partial charge on any atom is -0.440 e. The summed E-state index contributed by atoms with van der Waals surface area (Å²) in [5, 5.41) is 0.728. The maximum Gasteiger partial charge on any atom is 0.230 e. The van der Waals surface area contributed by atoms with E-state index in [2.05, 4.69) is 9.88 Å². The summed E-state index contributed by atoms with van der Waals surface area (Å²) in [5.74, 6) is 1.28. The minimum absolute atomic E-state index is 0.0737. The summed E-state index contributed by atoms with van der Waals surface area (Å²) < 4.78 is 5.88. The van der Waals surface area contributed by atoms with Crippen molar-refractivity contribution in [3.05, 3.63) is 71.1 Å². The third-order valence-electron chi connectivity index (χ3n) is 5.03. The van der Waals surface area contributed by atoms with Crippen LogP contribution in [0.25, 0.3) is 11.5 Å². The smallest absolute Gasteiger partial charge is 0.230 e. The standard InChI is InChI=1S/C22H22ClN3O2/c1-16-20(28-22(24-16)17-6-3-2-4-7-17)15-21(27)26-12-10-25(11-13-26)19-9-5-8-18(23)14-19/h2-9,14H,10-13,15H2,1H3. The number of carbonyl (C=O) groups excluding carboxylic acids is 1. The molecular weight excluding hydrogens is 374 g/mol. The zero-order chi connectivity index (χ0) is 19.5. The van der Waals surface area contributed by atoms with Crippen molar-refractivity contribution in [1.82, 2.24) is 9.88 Å². The first-order chi connectivity index (χ1) is 13.6. The van der Waals surface area contributed by atoms with Crippen LogP contribution < -0.4 is 4.90 Å². The number of carbonyl (C=O) groups is 1. The quantitative estimate of drug-likeness (QED) is 0.664. The lowest BCUT2D eigenvalue weighted by Gasteiger charge is -2.36. The Labute approximate surface area is 169 Å². The molecule has 4 rings (SSSR count). The van der Waals surface area contributed by atoms with Gasteiger partial charge < -0.3 is 14.2 Å². The molecule has 1 aliphatic rings. The second kappa shape index (κ2) is 8.07. The van der Waals surface area contributed by atoms with E-state index >= 15 is 0 Å². The highest BCUT2D eigenvalue weighted by atomic mass is 35.5. The van der Waals surface area contributed by atoms with Gasteiger partial charge in [0.1, 0.15) is 5.76 Å². The van der Waals surface area contributed by atoms with Gasteiger partial charge in [-0.1, -0.05) is 35.9 Å². The number of rotatable bonds is 4. The van der Waals surface area contributed by atoms with Crippen LogP contribution in [-0.2, 0) is 11.2 Å². The van der Waals surface area contributed by atoms with Crippen molar-refractivity contribution in [2.75, 3.05) is 31.1 Å². The zero-order valence-electron chi connectivity index (χ0n) is 15.8. The normalized spacial score (nSPS) is 14.4. The van der Waals surface area contributed by atoms with E-state index in [1.807, 2.05) is 66.4 Å². The third-order valence-corrected chi connectivity index (χ3v) is 5.27. The maximum absolute atomic E-state index is 12.8. The maximum atomic E-state index is 12.8. The molecule has 0 radical (unpaired) electrons. The van der Waals surface area contributed by atoms with Crippen LogP contribution in [0.15, 0.2) is 59.0 Å². The molecule has 2 heterocycles. The largest absolute Gasteiger partial charge is 0.440 e. The molecule has 0 bridgehead atoms. The predicted octanol–water partition coefficient (Wildman–Crippen LogP) is 4.19. The molecule has 1 saturated heterocycles. The number of aryl methyl sites for hydroxylation is 1. The molecule has 3 aromatic rings. The van der Waals surface area contributed by atoms with Gasteiger partial charge in [0.25, 0.3) is 0 Å². The number of anilines is 1. The Morgan fingerprint density at radius 1 is 1.07 bits per heavy atom. The fourth-order valence-electron chi connectivity index (χ4n) is 3.43. The fraction of sp³-hybridized carbons (Fsp3) is 0.273. The molecule has 5 nitrogen and oxygen atoms in total. The SMILES string of the molecule is Cc1nc(-c2ccccc2)oc1CC(=O)N1CCN(c2cccc(Cl)c2)CC1. The Morgan fingerprint density at radius 2 is 1.82 bits per heavy atom. The summed E-state index contributed by atoms with van der Waals surface area (Å²) in [6, 6.07) is 17.6. The number of oxazole rings is 1. The van der Waals surface area contributed by atoms with Gasteiger partial charge in [0.2, 0.25) is 11.8 Å². The van der Waals surface area contributed by atoms with E-state index in [-0.39, 0.29) is 12.3 Å². The van der Waals surface area contributed by atoms with Gasteiger partial charge in [-0.3, -0.25) is 4.79 Å². The van der Waals surface area contributed by atoms with Crippen LogP contribution in [-0.4, -0.2) is 42.0 Å². The van der Waals surface area contributed by atoms with Crippen LogP contribution in [0.3, 0.4) is 0 Å². The Hall–Kier alpha value is -2.79. The number of halogens is 1. The van der Waals surface area contributed by atoms with Gasteiger partial charge in [0.15, 0.2) is 0 Å². The van der Waals surface area contributed by atoms with Gasteiger partial charge in [-0.2, -0.15) is 0 Å². The van der Waals surface area contributed by atoms with Crippen molar-refractivity contribution in [3.63, 3.8) is 0 Å². The van der Waals surface area contributed by atoms with Gasteiger partial charge in [-0.05, 0) is 37.3 Å². The average molecular weight is 396 g/mol. The van der Waals surface area contributed by atoms with Crippen molar-refractivity contribution >= 4 is 23.2 Å². The van der Waals surface area contributed by atoms with Crippen molar-refractivity contribution in [2.24, 2.45) is 0 Å². The predicted molar refractivity (Wildman–Crippen MR) is 111 cm³/mol. The molecule has 0 aliphatic carbocycles. The van der Waals surface area contributed by atoms with Crippen molar-refractivity contribution in [1.29, 1.82) is 0 Å². The van der Waals surface area contributed by atoms with Crippen LogP contribution >= 0.6 is 11.6 Å². The molecule has 1 aliphatic heterocycles. The lowest BCUT2D eigenvalue weighted by atomic mass is 10.2. The van der Waals surface area contributed by atoms with Crippen LogP contribution in [0.2, 0.25) is 5.02 Å². The molecular formula is C22H22ClN3O2. The molecule has 0 atom stereocenters. The Morgan fingerprint density at radius 3 is 2.54 bits per heavy atom. The van der Waals surface area contributed by atoms with Gasteiger partial charge in [-0.15, -0.1) is 0 Å². The van der Waals surface area contributed by atoms with Crippen LogP contribution in [0, 0.1) is 6.92 Å². The molecule has 144 valence electrons. The van der Waals surface area contributed by atoms with Crippen molar-refractivity contribution < 1.29 is 9.21 Å². The number of hydrogen-bond acceptors (Lipinski definition) is 4. The number of piperazine rings is 1. The van der Waals surface area contributed by atoms with Gasteiger partial charge >= 0.3 is 0 Å². The second-order valence-corrected chi connectivity index (χ2v) is 7.35. The monoisotopic (exact) mass is 395 g/mol. The van der Waals surface area contributed by atoms with Crippen LogP contribution in [0.1, 0.15) is 11.5 Å². The number of nitrogens with zero attached hydrogens (tertiary/aromatic N) is 3. The molecule has 6 heteroatoms. The van der Waals surface area contributed by atoms with Crippen molar-refractivity contribution in [3.8, 4) is 11.5 Å². The molecule has 0 unspecified atom stereocenters. The Kier molecular flexibility index (Phi) is 5.35. The summed E-state index contributed by atoms with van der Waals surface area (Å²) in [6.45, 7) is 4.83. The highest BCUT2D eigenvalue weighted by molar-refractivity contribution is 6.30. The molecule has 0 saturated carbocycles. The van der Waals surface area contributed by atoms with E-state index in [0.717, 1.165) is 35.1 Å². The number of benzene rings is 2. The lowest BCUT2D eigenvalue weighted by Crippen LogP contribution is -2.49. The van der Waals surface area contributed by atoms with E-state index in [0.29, 0.717) is 24.7 Å². The van der Waals surface area contributed by atoms with E-state index < -0.39 is 0 Å². The zero-order valence-corrected chi connectivity index (χ0v) is 16.5. The van der Waals surface area contributed by atoms with Crippen molar-refractivity contribution in [2.45, 2.75) is 13.3 Å². The molecule has 1 amide bonds. The van der Waals surface area contributed by atoms with E-state index in [1.165, 1.54) is 0 Å². The molecule has 1 fully saturated rings. The summed E-state index contributed by atoms with van der Waals surface area (Å²) in [7, 11) is 0. The number of amides is 1. The first-order valence-corrected chi connectivity index (χ1v) is 9.78. The summed E-state index contributed by atoms with van der Waals surface area (Å²) in [6.07, 6.45) is 0.239. The average Bonchev–Trinajstić information content (AvgIpc) is 3.09. The molecule has 2 aromatic carbocycles. The number of hydrogen-bond donors (Lipinski definition) is 0. The molecule has 0 N–H and O–H groups in total. The Balaban J connectivity index is 1.38. The van der Waals surface area contributed by atoms with E-state index in [4.69, 9.17) is 16.0 Å². The first kappa shape index (κ1) is 18.6. The summed E-state index contributed by atoms with van der Waals surface area (Å²) >= 11 is 6.09. The topological polar surface area (TPSA) is 49.6 Å². The summed E-state index contributed by atoms with van der Waals surface area (Å²) in [4.78, 5) is 21.4. The van der Waals surface area contributed by atoms with Gasteiger partial charge in [-0.25, -0.2) is 4.98 Å². The lowest BCUT2D eigenvalue weighted by molar-refractivity contribution is -0.131. The minimum atomic E-state index is 0.0737. The molecule has 1 aromatic heterocycles. The van der Waals surface area contributed by atoms with Gasteiger partial charge in [0.05, 0.1) is 12.1 Å². The van der Waals surface area contributed by atoms with E-state index in [1.54, 1.807) is 0 Å². The third kappa shape index (κ3) is 4.04. The van der Waals surface area contributed by atoms with Crippen LogP contribution in [0.5, 0.6) is 0 Å². The summed E-state index contributed by atoms with van der Waals surface area (Å²) in [5.41, 5.74) is 2.78. The van der Waals surface area contributed by atoms with Crippen LogP contribution in [0.4, 0.5) is 5.69 Å². The highest BCUT2D eigenvalue weighted by Crippen LogP contribution is 2.23. The second-order valence-electron chi connectivity index (χ2n) is 6.92.